The highest BCUT2D eigenvalue weighted by atomic mass is 28.3. The Morgan fingerprint density at radius 3 is 2.00 bits per heavy atom. The van der Waals surface area contributed by atoms with Crippen LogP contribution in [0.5, 0.6) is 0 Å². The number of nitrogens with two attached hydrogens (primary N) is 1. The molecular formula is C10H23NSi. The molecule has 1 aliphatic rings. The zero-order valence-electron chi connectivity index (χ0n) is 8.77. The minimum atomic E-state index is -1.07. The van der Waals surface area contributed by atoms with Crippen LogP contribution in [-0.2, 0) is 0 Å². The Bertz CT molecular complexity index is 133. The Morgan fingerprint density at radius 1 is 1.08 bits per heavy atom. The maximum Gasteiger partial charge on any atom is 0.0635 e. The van der Waals surface area contributed by atoms with Crippen molar-refractivity contribution in [1.82, 2.24) is 0 Å². The average molecular weight is 185 g/mol. The lowest BCUT2D eigenvalue weighted by Crippen LogP contribution is -2.50. The van der Waals surface area contributed by atoms with Gasteiger partial charge in [0.15, 0.2) is 0 Å². The van der Waals surface area contributed by atoms with Crippen LogP contribution in [0, 0.1) is 5.92 Å². The lowest BCUT2D eigenvalue weighted by atomic mass is 9.89. The van der Waals surface area contributed by atoms with Gasteiger partial charge in [-0.25, -0.2) is 0 Å². The molecule has 1 fully saturated rings. The van der Waals surface area contributed by atoms with Gasteiger partial charge in [0, 0.05) is 0 Å². The molecule has 0 saturated heterocycles. The van der Waals surface area contributed by atoms with Gasteiger partial charge < -0.3 is 5.73 Å². The molecule has 2 N–H and O–H groups in total. The zero-order valence-corrected chi connectivity index (χ0v) is 9.77. The predicted octanol–water partition coefficient (Wildman–Crippen LogP) is 2.77. The molecule has 0 amide bonds. The molecule has 1 aliphatic carbocycles. The molecule has 1 rings (SSSR count). The van der Waals surface area contributed by atoms with E-state index in [9.17, 15) is 0 Å². The van der Waals surface area contributed by atoms with Crippen molar-refractivity contribution in [2.75, 3.05) is 0 Å². The molecule has 0 aliphatic heterocycles. The summed E-state index contributed by atoms with van der Waals surface area (Å²) in [4.78, 5) is 0. The zero-order chi connectivity index (χ0) is 9.19. The van der Waals surface area contributed by atoms with E-state index in [4.69, 9.17) is 5.73 Å². The molecule has 1 saturated carbocycles. The van der Waals surface area contributed by atoms with Crippen molar-refractivity contribution in [3.05, 3.63) is 0 Å². The maximum absolute atomic E-state index is 6.29. The Balaban J connectivity index is 2.45. The van der Waals surface area contributed by atoms with E-state index < -0.39 is 8.07 Å². The second-order valence-corrected chi connectivity index (χ2v) is 10.7. The molecule has 72 valence electrons. The molecule has 0 aromatic rings. The van der Waals surface area contributed by atoms with Crippen molar-refractivity contribution in [1.29, 1.82) is 0 Å². The maximum atomic E-state index is 6.29. The van der Waals surface area contributed by atoms with Gasteiger partial charge in [-0.05, 0) is 24.4 Å². The van der Waals surface area contributed by atoms with Crippen molar-refractivity contribution in [2.24, 2.45) is 11.7 Å². The van der Waals surface area contributed by atoms with Gasteiger partial charge in [0.25, 0.3) is 0 Å². The molecule has 2 heteroatoms. The Kier molecular flexibility index (Phi) is 3.35. The van der Waals surface area contributed by atoms with E-state index in [-0.39, 0.29) is 0 Å². The van der Waals surface area contributed by atoms with Crippen LogP contribution in [0.15, 0.2) is 0 Å². The highest BCUT2D eigenvalue weighted by Crippen LogP contribution is 2.29. The van der Waals surface area contributed by atoms with E-state index in [1.165, 1.54) is 32.1 Å². The van der Waals surface area contributed by atoms with Crippen LogP contribution in [-0.4, -0.2) is 13.7 Å². The SMILES string of the molecule is C[Si](C)(C)C(N)C1CCCCC1. The number of hydrogen-bond acceptors (Lipinski definition) is 1. The van der Waals surface area contributed by atoms with E-state index in [1.807, 2.05) is 0 Å². The van der Waals surface area contributed by atoms with E-state index in [0.717, 1.165) is 5.92 Å². The third kappa shape index (κ3) is 2.59. The fraction of sp³-hybridized carbons (Fsp3) is 1.00. The molecular weight excluding hydrogens is 162 g/mol. The molecule has 0 aromatic heterocycles. The van der Waals surface area contributed by atoms with Crippen LogP contribution in [0.4, 0.5) is 0 Å². The van der Waals surface area contributed by atoms with Crippen LogP contribution >= 0.6 is 0 Å². The van der Waals surface area contributed by atoms with Crippen molar-refractivity contribution in [3.8, 4) is 0 Å². The summed E-state index contributed by atoms with van der Waals surface area (Å²) < 4.78 is 0. The monoisotopic (exact) mass is 185 g/mol. The smallest absolute Gasteiger partial charge is 0.0635 e. The first-order valence-electron chi connectivity index (χ1n) is 5.27. The molecule has 0 heterocycles. The van der Waals surface area contributed by atoms with E-state index in [0.29, 0.717) is 5.67 Å². The molecule has 1 unspecified atom stereocenters. The third-order valence-corrected chi connectivity index (χ3v) is 5.63. The van der Waals surface area contributed by atoms with E-state index in [2.05, 4.69) is 19.6 Å². The first kappa shape index (κ1) is 10.3. The largest absolute Gasteiger partial charge is 0.330 e. The van der Waals surface area contributed by atoms with Gasteiger partial charge in [0.05, 0.1) is 8.07 Å². The van der Waals surface area contributed by atoms with Crippen LogP contribution in [0.1, 0.15) is 32.1 Å². The molecule has 1 atom stereocenters. The summed E-state index contributed by atoms with van der Waals surface area (Å²) in [6.07, 6.45) is 7.07. The van der Waals surface area contributed by atoms with E-state index in [1.54, 1.807) is 0 Å². The molecule has 0 aromatic carbocycles. The fourth-order valence-electron chi connectivity index (χ4n) is 2.20. The second-order valence-electron chi connectivity index (χ2n) is 5.29. The second kappa shape index (κ2) is 3.92. The molecule has 12 heavy (non-hydrogen) atoms. The lowest BCUT2D eigenvalue weighted by molar-refractivity contribution is 0.342. The summed E-state index contributed by atoms with van der Waals surface area (Å²) in [6, 6.07) is 0. The summed E-state index contributed by atoms with van der Waals surface area (Å²) >= 11 is 0. The van der Waals surface area contributed by atoms with Gasteiger partial charge in [0.2, 0.25) is 0 Å². The minimum Gasteiger partial charge on any atom is -0.330 e. The molecule has 1 nitrogen and oxygen atoms in total. The van der Waals surface area contributed by atoms with Crippen LogP contribution in [0.25, 0.3) is 0 Å². The van der Waals surface area contributed by atoms with Crippen LogP contribution in [0.3, 0.4) is 0 Å². The first-order chi connectivity index (χ1) is 5.52. The summed E-state index contributed by atoms with van der Waals surface area (Å²) in [5.41, 5.74) is 6.83. The van der Waals surface area contributed by atoms with Crippen molar-refractivity contribution in [2.45, 2.75) is 57.4 Å². The highest BCUT2D eigenvalue weighted by molar-refractivity contribution is 6.77. The topological polar surface area (TPSA) is 26.0 Å². The Morgan fingerprint density at radius 2 is 1.58 bits per heavy atom. The third-order valence-electron chi connectivity index (χ3n) is 3.16. The van der Waals surface area contributed by atoms with Crippen molar-refractivity contribution in [3.63, 3.8) is 0 Å². The fourth-order valence-corrected chi connectivity index (χ4v) is 3.95. The first-order valence-corrected chi connectivity index (χ1v) is 8.85. The van der Waals surface area contributed by atoms with Crippen molar-refractivity contribution >= 4 is 8.07 Å². The molecule has 0 spiro atoms. The molecule has 0 bridgehead atoms. The quantitative estimate of drug-likeness (QED) is 0.658. The number of hydrogen-bond donors (Lipinski definition) is 1. The van der Waals surface area contributed by atoms with Crippen LogP contribution < -0.4 is 5.73 Å². The predicted molar refractivity (Wildman–Crippen MR) is 57.9 cm³/mol. The van der Waals surface area contributed by atoms with Gasteiger partial charge in [-0.3, -0.25) is 0 Å². The highest BCUT2D eigenvalue weighted by Gasteiger charge is 2.30. The standard InChI is InChI=1S/C10H23NSi/c1-12(2,3)10(11)9-7-5-4-6-8-9/h9-10H,4-8,11H2,1-3H3. The van der Waals surface area contributed by atoms with Gasteiger partial charge in [-0.2, -0.15) is 0 Å². The Labute approximate surface area is 77.7 Å². The summed E-state index contributed by atoms with van der Waals surface area (Å²) in [6.45, 7) is 7.19. The normalized spacial score (nSPS) is 24.0. The summed E-state index contributed by atoms with van der Waals surface area (Å²) in [7, 11) is -1.07. The summed E-state index contributed by atoms with van der Waals surface area (Å²) in [5.74, 6) is 0.852. The van der Waals surface area contributed by atoms with Crippen molar-refractivity contribution < 1.29 is 0 Å². The summed E-state index contributed by atoms with van der Waals surface area (Å²) in [5, 5.41) is 0. The average Bonchev–Trinajstić information content (AvgIpc) is 2.03. The minimum absolute atomic E-state index is 0.540. The van der Waals surface area contributed by atoms with Gasteiger partial charge in [-0.15, -0.1) is 0 Å². The van der Waals surface area contributed by atoms with Crippen LogP contribution in [0.2, 0.25) is 19.6 Å². The Hall–Kier alpha value is 0.177. The number of rotatable bonds is 2. The lowest BCUT2D eigenvalue weighted by Gasteiger charge is -2.35. The van der Waals surface area contributed by atoms with Gasteiger partial charge in [0.1, 0.15) is 0 Å². The van der Waals surface area contributed by atoms with Gasteiger partial charge in [-0.1, -0.05) is 38.9 Å². The van der Waals surface area contributed by atoms with Gasteiger partial charge >= 0.3 is 0 Å². The van der Waals surface area contributed by atoms with E-state index >= 15 is 0 Å². The molecule has 0 radical (unpaired) electrons.